The highest BCUT2D eigenvalue weighted by Gasteiger charge is 2.48. The van der Waals surface area contributed by atoms with Crippen molar-refractivity contribution in [3.63, 3.8) is 0 Å². The van der Waals surface area contributed by atoms with Crippen molar-refractivity contribution in [2.45, 2.75) is 13.1 Å². The molecule has 0 aliphatic rings. The highest BCUT2D eigenvalue weighted by molar-refractivity contribution is 7.79. The summed E-state index contributed by atoms with van der Waals surface area (Å²) in [6.07, 6.45) is 0. The van der Waals surface area contributed by atoms with Crippen molar-refractivity contribution in [2.24, 2.45) is 0 Å². The molecule has 0 saturated heterocycles. The summed E-state index contributed by atoms with van der Waals surface area (Å²) in [4.78, 5) is 0. The van der Waals surface area contributed by atoms with Crippen molar-refractivity contribution in [1.82, 2.24) is 0 Å². The predicted octanol–water partition coefficient (Wildman–Crippen LogP) is 3.25. The smallest absolute Gasteiger partial charge is 0.390 e. The van der Waals surface area contributed by atoms with Gasteiger partial charge in [0.05, 0.1) is 0 Å². The van der Waals surface area contributed by atoms with Crippen LogP contribution in [-0.4, -0.2) is 38.7 Å². The highest BCUT2D eigenvalue weighted by Crippen LogP contribution is 2.32. The molecular weight excluding hydrogens is 427 g/mol. The average Bonchev–Trinajstić information content (AvgIpc) is 2.80. The van der Waals surface area contributed by atoms with Crippen molar-refractivity contribution in [1.29, 1.82) is 0 Å². The Hall–Kier alpha value is -1.64. The van der Waals surface area contributed by atoms with Gasteiger partial charge in [-0.3, -0.25) is 0 Å². The van der Waals surface area contributed by atoms with Crippen LogP contribution in [-0.2, 0) is 17.4 Å². The Kier molecular flexibility index (Phi) is 7.77. The molecule has 0 N–H and O–H groups in total. The summed E-state index contributed by atoms with van der Waals surface area (Å²) in [5.41, 5.74) is 0. The molecule has 3 aromatic carbocycles. The predicted molar refractivity (Wildman–Crippen MR) is 130 cm³/mol. The third-order valence-electron chi connectivity index (χ3n) is 4.98. The summed E-state index contributed by atoms with van der Waals surface area (Å²) < 4.78 is 22.8. The van der Waals surface area contributed by atoms with E-state index in [2.05, 4.69) is 98.0 Å². The van der Waals surface area contributed by atoms with Crippen LogP contribution in [0.25, 0.3) is 0 Å². The zero-order valence-corrected chi connectivity index (χ0v) is 21.1. The molecule has 0 spiro atoms. The molecule has 0 bridgehead atoms. The highest BCUT2D eigenvalue weighted by atomic mass is 31.1. The molecule has 0 aromatic heterocycles. The average molecular weight is 457 g/mol. The molecule has 30 heavy (non-hydrogen) atoms. The monoisotopic (exact) mass is 456 g/mol. The Balaban J connectivity index is 1.94. The van der Waals surface area contributed by atoms with Crippen LogP contribution in [0, 0.1) is 0 Å². The van der Waals surface area contributed by atoms with Crippen molar-refractivity contribution in [3.05, 3.63) is 84.9 Å². The molecule has 0 unspecified atom stereocenters. The fraction of sp³-hybridized carbons (Fsp3) is 0.217. The fourth-order valence-corrected chi connectivity index (χ4v) is 11.1. The van der Waals surface area contributed by atoms with E-state index in [0.29, 0.717) is 0 Å². The third kappa shape index (κ3) is 5.15. The lowest BCUT2D eigenvalue weighted by Gasteiger charge is -2.32. The summed E-state index contributed by atoms with van der Waals surface area (Å²) in [5.74, 6) is 0. The molecule has 0 fully saturated rings. The second-order valence-corrected chi connectivity index (χ2v) is 16.1. The summed E-state index contributed by atoms with van der Waals surface area (Å²) >= 11 is 0. The number of rotatable bonds is 9. The first-order valence-electron chi connectivity index (χ1n) is 9.81. The van der Waals surface area contributed by atoms with Crippen LogP contribution in [0.15, 0.2) is 84.9 Å². The van der Waals surface area contributed by atoms with Crippen LogP contribution in [0.3, 0.4) is 0 Å². The maximum Gasteiger partial charge on any atom is 0.668 e. The quantitative estimate of drug-likeness (QED) is 0.366. The summed E-state index contributed by atoms with van der Waals surface area (Å²) in [7, 11) is -1.32. The Morgan fingerprint density at radius 3 is 1.37 bits per heavy atom. The minimum Gasteiger partial charge on any atom is -0.390 e. The first kappa shape index (κ1) is 23.0. The van der Waals surface area contributed by atoms with Crippen LogP contribution in [0.2, 0.25) is 13.1 Å². The first-order chi connectivity index (χ1) is 14.4. The number of hydrogen-bond acceptors (Lipinski definition) is 4. The maximum atomic E-state index is 6.35. The molecule has 0 atom stereocenters. The van der Waals surface area contributed by atoms with Crippen LogP contribution in [0.5, 0.6) is 0 Å². The van der Waals surface area contributed by atoms with Gasteiger partial charge >= 0.3 is 9.05 Å². The summed E-state index contributed by atoms with van der Waals surface area (Å²) in [5, 5.41) is 5.16. The molecule has 0 aliphatic heterocycles. The molecular formula is C23H29O4PSi2. The van der Waals surface area contributed by atoms with Crippen molar-refractivity contribution in [2.75, 3.05) is 21.3 Å². The minimum atomic E-state index is -3.11. The van der Waals surface area contributed by atoms with Crippen LogP contribution >= 0.6 is 7.92 Å². The van der Waals surface area contributed by atoms with Gasteiger partial charge in [-0.25, -0.2) is 0 Å². The van der Waals surface area contributed by atoms with Crippen molar-refractivity contribution in [3.8, 4) is 0 Å². The molecule has 158 valence electrons. The fourth-order valence-electron chi connectivity index (χ4n) is 3.36. The van der Waals surface area contributed by atoms with E-state index in [1.54, 1.807) is 21.3 Å². The second kappa shape index (κ2) is 10.1. The SMILES string of the molecule is CO[Si](OC)(OC)O[Si](C)(C)c1ccc(P(c2ccccc2)c2ccccc2)cc1. The Bertz CT molecular complexity index is 869. The topological polar surface area (TPSA) is 36.9 Å². The number of hydrogen-bond donors (Lipinski definition) is 0. The third-order valence-corrected chi connectivity index (χ3v) is 13.7. The molecule has 0 radical (unpaired) electrons. The zero-order chi connectivity index (χ0) is 21.6. The van der Waals surface area contributed by atoms with Gasteiger partial charge in [0.15, 0.2) is 0 Å². The molecule has 0 aliphatic carbocycles. The maximum absolute atomic E-state index is 6.35. The van der Waals surface area contributed by atoms with Gasteiger partial charge in [0, 0.05) is 21.3 Å². The van der Waals surface area contributed by atoms with Crippen molar-refractivity contribution < 1.29 is 17.4 Å². The lowest BCUT2D eigenvalue weighted by Crippen LogP contribution is -2.58. The lowest BCUT2D eigenvalue weighted by atomic mass is 10.3. The minimum absolute atomic E-state index is 0.621. The van der Waals surface area contributed by atoms with Crippen LogP contribution in [0.1, 0.15) is 0 Å². The normalized spacial score (nSPS) is 12.3. The summed E-state index contributed by atoms with van der Waals surface area (Å²) in [6, 6.07) is 30.2. The lowest BCUT2D eigenvalue weighted by molar-refractivity contribution is 0.0491. The van der Waals surface area contributed by atoms with E-state index in [0.717, 1.165) is 0 Å². The number of benzene rings is 3. The van der Waals surface area contributed by atoms with E-state index in [-0.39, 0.29) is 0 Å². The van der Waals surface area contributed by atoms with E-state index >= 15 is 0 Å². The standard InChI is InChI=1S/C23H29O4PSi2/c1-24-30(25-2,26-3)27-29(4,5)23-18-16-22(17-19-23)28(20-12-8-6-9-13-20)21-14-10-7-11-15-21/h6-19H,1-5H3. The van der Waals surface area contributed by atoms with Crippen LogP contribution in [0.4, 0.5) is 0 Å². The molecule has 4 nitrogen and oxygen atoms in total. The van der Waals surface area contributed by atoms with E-state index in [1.165, 1.54) is 21.1 Å². The van der Waals surface area contributed by atoms with Gasteiger partial charge in [0.25, 0.3) is 0 Å². The van der Waals surface area contributed by atoms with E-state index < -0.39 is 25.3 Å². The molecule has 7 heteroatoms. The molecule has 3 rings (SSSR count). The van der Waals surface area contributed by atoms with Crippen molar-refractivity contribution >= 4 is 46.4 Å². The van der Waals surface area contributed by atoms with Gasteiger partial charge < -0.3 is 17.4 Å². The van der Waals surface area contributed by atoms with E-state index in [1.807, 2.05) is 0 Å². The zero-order valence-electron chi connectivity index (χ0n) is 18.2. The van der Waals surface area contributed by atoms with Gasteiger partial charge in [-0.1, -0.05) is 84.9 Å². The summed E-state index contributed by atoms with van der Waals surface area (Å²) in [6.45, 7) is 4.27. The second-order valence-electron chi connectivity index (χ2n) is 7.28. The van der Waals surface area contributed by atoms with Gasteiger partial charge in [-0.2, -0.15) is 0 Å². The van der Waals surface area contributed by atoms with Gasteiger partial charge in [0.2, 0.25) is 8.32 Å². The molecule has 0 saturated carbocycles. The Labute approximate surface area is 183 Å². The Morgan fingerprint density at radius 1 is 0.567 bits per heavy atom. The van der Waals surface area contributed by atoms with Crippen LogP contribution < -0.4 is 21.1 Å². The molecule has 0 amide bonds. The largest absolute Gasteiger partial charge is 0.668 e. The molecule has 3 aromatic rings. The van der Waals surface area contributed by atoms with Gasteiger partial charge in [0.1, 0.15) is 0 Å². The van der Waals surface area contributed by atoms with E-state index in [9.17, 15) is 0 Å². The van der Waals surface area contributed by atoms with Gasteiger partial charge in [-0.15, -0.1) is 0 Å². The van der Waals surface area contributed by atoms with Gasteiger partial charge in [-0.05, 0) is 42.1 Å². The molecule has 0 heterocycles. The van der Waals surface area contributed by atoms with E-state index in [4.69, 9.17) is 17.4 Å². The Morgan fingerprint density at radius 2 is 0.967 bits per heavy atom. The first-order valence-corrected chi connectivity index (χ1v) is 15.7.